The van der Waals surface area contributed by atoms with Gasteiger partial charge in [-0.2, -0.15) is 15.8 Å². The summed E-state index contributed by atoms with van der Waals surface area (Å²) in [5, 5.41) is 30.2. The highest BCUT2D eigenvalue weighted by molar-refractivity contribution is 6.10. The molecule has 0 N–H and O–H groups in total. The molecule has 164 valence electrons. The lowest BCUT2D eigenvalue weighted by atomic mass is 10.00. The number of aryl methyl sites for hydroxylation is 1. The van der Waals surface area contributed by atoms with E-state index in [2.05, 4.69) is 66.1 Å². The van der Waals surface area contributed by atoms with Crippen LogP contribution in [0.3, 0.4) is 0 Å². The fourth-order valence-corrected chi connectivity index (χ4v) is 4.54. The predicted molar refractivity (Wildman–Crippen MR) is 139 cm³/mol. The Morgan fingerprint density at radius 3 is 1.94 bits per heavy atom. The van der Waals surface area contributed by atoms with E-state index in [-0.39, 0.29) is 11.1 Å². The molecule has 0 aliphatic heterocycles. The fourth-order valence-electron chi connectivity index (χ4n) is 4.54. The van der Waals surface area contributed by atoms with Crippen LogP contribution in [0.25, 0.3) is 44.2 Å². The van der Waals surface area contributed by atoms with E-state index in [0.29, 0.717) is 5.56 Å². The standard InChI is InChI=1S/C31H20N4/c1-2-21-7-9-22(10-8-21)23-11-14-26(15-12-23)35-30-6-4-3-5-27(30)28-17-24(13-16-31(28)35)29(20-34)25(18-32)19-33/h3-17H,2H2,1H3. The molecular weight excluding hydrogens is 428 g/mol. The number of nitriles is 3. The van der Waals surface area contributed by atoms with Crippen LogP contribution in [0.1, 0.15) is 18.1 Å². The second kappa shape index (κ2) is 9.03. The van der Waals surface area contributed by atoms with Crippen LogP contribution in [0.5, 0.6) is 0 Å². The minimum atomic E-state index is -0.182. The van der Waals surface area contributed by atoms with E-state index in [0.717, 1.165) is 39.5 Å². The molecule has 0 saturated heterocycles. The Bertz CT molecular complexity index is 1710. The van der Waals surface area contributed by atoms with Crippen LogP contribution >= 0.6 is 0 Å². The Labute approximate surface area is 203 Å². The molecule has 0 saturated carbocycles. The van der Waals surface area contributed by atoms with Gasteiger partial charge in [0.2, 0.25) is 0 Å². The summed E-state index contributed by atoms with van der Waals surface area (Å²) in [6.07, 6.45) is 1.02. The van der Waals surface area contributed by atoms with Gasteiger partial charge in [0, 0.05) is 16.5 Å². The number of nitrogens with zero attached hydrogens (tertiary/aromatic N) is 4. The van der Waals surface area contributed by atoms with E-state index in [1.54, 1.807) is 6.07 Å². The van der Waals surface area contributed by atoms with E-state index >= 15 is 0 Å². The van der Waals surface area contributed by atoms with Crippen LogP contribution in [-0.4, -0.2) is 4.57 Å². The van der Waals surface area contributed by atoms with Gasteiger partial charge in [-0.05, 0) is 59.0 Å². The van der Waals surface area contributed by atoms with Crippen LogP contribution < -0.4 is 0 Å². The lowest BCUT2D eigenvalue weighted by Gasteiger charge is -2.10. The average molecular weight is 449 g/mol. The fraction of sp³-hybridized carbons (Fsp3) is 0.0645. The van der Waals surface area contributed by atoms with Gasteiger partial charge in [-0.1, -0.05) is 67.6 Å². The maximum absolute atomic E-state index is 9.61. The maximum Gasteiger partial charge on any atom is 0.148 e. The molecule has 5 rings (SSSR count). The number of benzene rings is 4. The number of hydrogen-bond donors (Lipinski definition) is 0. The van der Waals surface area contributed by atoms with Crippen LogP contribution in [-0.2, 0) is 6.42 Å². The van der Waals surface area contributed by atoms with E-state index in [9.17, 15) is 15.8 Å². The lowest BCUT2D eigenvalue weighted by molar-refractivity contribution is 1.14. The number of para-hydroxylation sites is 1. The molecule has 0 amide bonds. The monoisotopic (exact) mass is 448 g/mol. The number of aromatic nitrogens is 1. The van der Waals surface area contributed by atoms with Crippen LogP contribution in [0.4, 0.5) is 0 Å². The summed E-state index contributed by atoms with van der Waals surface area (Å²) in [6, 6.07) is 36.6. The molecule has 0 aliphatic carbocycles. The second-order valence-electron chi connectivity index (χ2n) is 8.27. The van der Waals surface area contributed by atoms with Crippen molar-refractivity contribution >= 4 is 27.4 Å². The van der Waals surface area contributed by atoms with Gasteiger partial charge in [0.25, 0.3) is 0 Å². The molecule has 0 aliphatic rings. The molecule has 4 heteroatoms. The molecule has 35 heavy (non-hydrogen) atoms. The summed E-state index contributed by atoms with van der Waals surface area (Å²) in [5.74, 6) is 0. The molecule has 0 spiro atoms. The van der Waals surface area contributed by atoms with Crippen molar-refractivity contribution in [2.45, 2.75) is 13.3 Å². The Hall–Kier alpha value is -5.11. The Morgan fingerprint density at radius 2 is 1.31 bits per heavy atom. The van der Waals surface area contributed by atoms with Gasteiger partial charge in [0.15, 0.2) is 0 Å². The summed E-state index contributed by atoms with van der Waals surface area (Å²) in [6.45, 7) is 2.15. The van der Waals surface area contributed by atoms with Crippen molar-refractivity contribution in [2.24, 2.45) is 0 Å². The minimum absolute atomic E-state index is 0.0900. The lowest BCUT2D eigenvalue weighted by Crippen LogP contribution is -1.94. The molecule has 0 atom stereocenters. The smallest absolute Gasteiger partial charge is 0.148 e. The number of allylic oxidation sites excluding steroid dienone is 2. The molecule has 0 unspecified atom stereocenters. The largest absolute Gasteiger partial charge is 0.309 e. The molecule has 4 nitrogen and oxygen atoms in total. The van der Waals surface area contributed by atoms with Gasteiger partial charge in [0.1, 0.15) is 23.8 Å². The summed E-state index contributed by atoms with van der Waals surface area (Å²) in [5.41, 5.74) is 7.19. The molecular formula is C31H20N4. The van der Waals surface area contributed by atoms with Crippen molar-refractivity contribution in [3.8, 4) is 35.0 Å². The van der Waals surface area contributed by atoms with E-state index < -0.39 is 0 Å². The van der Waals surface area contributed by atoms with Crippen molar-refractivity contribution in [3.05, 3.63) is 108 Å². The van der Waals surface area contributed by atoms with Crippen LogP contribution in [0, 0.1) is 34.0 Å². The van der Waals surface area contributed by atoms with Crippen molar-refractivity contribution in [1.29, 1.82) is 15.8 Å². The van der Waals surface area contributed by atoms with Crippen molar-refractivity contribution in [3.63, 3.8) is 0 Å². The average Bonchev–Trinajstić information content (AvgIpc) is 3.25. The quantitative estimate of drug-likeness (QED) is 0.270. The summed E-state index contributed by atoms with van der Waals surface area (Å²) in [7, 11) is 0. The first-order valence-electron chi connectivity index (χ1n) is 11.4. The zero-order chi connectivity index (χ0) is 24.4. The first kappa shape index (κ1) is 21.7. The molecule has 1 heterocycles. The molecule has 0 bridgehead atoms. The zero-order valence-electron chi connectivity index (χ0n) is 19.2. The highest BCUT2D eigenvalue weighted by atomic mass is 15.0. The van der Waals surface area contributed by atoms with Crippen LogP contribution in [0.2, 0.25) is 0 Å². The van der Waals surface area contributed by atoms with Gasteiger partial charge in [-0.15, -0.1) is 0 Å². The van der Waals surface area contributed by atoms with Gasteiger partial charge < -0.3 is 4.57 Å². The predicted octanol–water partition coefficient (Wildman–Crippen LogP) is 7.34. The van der Waals surface area contributed by atoms with Gasteiger partial charge in [0.05, 0.1) is 16.6 Å². The SMILES string of the molecule is CCc1ccc(-c2ccc(-n3c4ccccc4c4cc(C(C#N)=C(C#N)C#N)ccc43)cc2)cc1. The number of fused-ring (bicyclic) bond motifs is 3. The summed E-state index contributed by atoms with van der Waals surface area (Å²) >= 11 is 0. The molecule has 1 aromatic heterocycles. The van der Waals surface area contributed by atoms with Crippen molar-refractivity contribution < 1.29 is 0 Å². The molecule has 0 fully saturated rings. The molecule has 4 aromatic carbocycles. The molecule has 0 radical (unpaired) electrons. The first-order valence-corrected chi connectivity index (χ1v) is 11.4. The Balaban J connectivity index is 1.67. The molecule has 5 aromatic rings. The third-order valence-corrected chi connectivity index (χ3v) is 6.37. The van der Waals surface area contributed by atoms with Gasteiger partial charge in [-0.3, -0.25) is 0 Å². The van der Waals surface area contributed by atoms with Crippen LogP contribution in [0.15, 0.2) is 96.6 Å². The maximum atomic E-state index is 9.61. The Kier molecular flexibility index (Phi) is 5.60. The van der Waals surface area contributed by atoms with Gasteiger partial charge >= 0.3 is 0 Å². The summed E-state index contributed by atoms with van der Waals surface area (Å²) < 4.78 is 2.20. The van der Waals surface area contributed by atoms with E-state index in [1.165, 1.54) is 11.1 Å². The highest BCUT2D eigenvalue weighted by Crippen LogP contribution is 2.34. The van der Waals surface area contributed by atoms with Crippen molar-refractivity contribution in [2.75, 3.05) is 0 Å². The third-order valence-electron chi connectivity index (χ3n) is 6.37. The Morgan fingerprint density at radius 1 is 0.686 bits per heavy atom. The summed E-state index contributed by atoms with van der Waals surface area (Å²) in [4.78, 5) is 0. The normalized spacial score (nSPS) is 10.5. The van der Waals surface area contributed by atoms with E-state index in [4.69, 9.17) is 0 Å². The third kappa shape index (κ3) is 3.72. The zero-order valence-corrected chi connectivity index (χ0v) is 19.2. The topological polar surface area (TPSA) is 76.3 Å². The van der Waals surface area contributed by atoms with Gasteiger partial charge in [-0.25, -0.2) is 0 Å². The minimum Gasteiger partial charge on any atom is -0.309 e. The van der Waals surface area contributed by atoms with E-state index in [1.807, 2.05) is 48.5 Å². The number of rotatable bonds is 4. The van der Waals surface area contributed by atoms with Crippen molar-refractivity contribution in [1.82, 2.24) is 4.57 Å². The first-order chi connectivity index (χ1) is 17.2. The highest BCUT2D eigenvalue weighted by Gasteiger charge is 2.15. The number of hydrogen-bond acceptors (Lipinski definition) is 3. The second-order valence-corrected chi connectivity index (χ2v) is 8.27.